The normalized spacial score (nSPS) is 16.9. The SMILES string of the molecule is O=C1C[C@H](c2ccc(F)cc2)c2c(c3ccccc3[nH]c2=O)O1. The van der Waals surface area contributed by atoms with E-state index in [1.165, 1.54) is 12.1 Å². The number of fused-ring (bicyclic) bond motifs is 3. The number of esters is 1. The molecule has 3 aromatic rings. The van der Waals surface area contributed by atoms with Crippen molar-refractivity contribution in [3.63, 3.8) is 0 Å². The highest BCUT2D eigenvalue weighted by Gasteiger charge is 2.32. The molecule has 0 saturated carbocycles. The number of aromatic nitrogens is 1. The van der Waals surface area contributed by atoms with Gasteiger partial charge in [0.05, 0.1) is 17.5 Å². The fourth-order valence-corrected chi connectivity index (χ4v) is 3.06. The molecule has 1 aromatic heterocycles. The van der Waals surface area contributed by atoms with Crippen LogP contribution in [0.25, 0.3) is 10.9 Å². The van der Waals surface area contributed by atoms with E-state index in [1.807, 2.05) is 6.07 Å². The minimum Gasteiger partial charge on any atom is -0.425 e. The first-order valence-electron chi connectivity index (χ1n) is 7.24. The molecule has 0 saturated heterocycles. The largest absolute Gasteiger partial charge is 0.425 e. The molecule has 0 aliphatic carbocycles. The van der Waals surface area contributed by atoms with E-state index >= 15 is 0 Å². The van der Waals surface area contributed by atoms with Gasteiger partial charge in [0.15, 0.2) is 0 Å². The third-order valence-corrected chi connectivity index (χ3v) is 4.12. The molecule has 0 spiro atoms. The van der Waals surface area contributed by atoms with Gasteiger partial charge in [-0.3, -0.25) is 9.59 Å². The maximum absolute atomic E-state index is 13.2. The monoisotopic (exact) mass is 309 g/mol. The van der Waals surface area contributed by atoms with Crippen LogP contribution in [0.1, 0.15) is 23.5 Å². The number of carbonyl (C=O) groups excluding carboxylic acids is 1. The lowest BCUT2D eigenvalue weighted by molar-refractivity contribution is -0.135. The van der Waals surface area contributed by atoms with Crippen LogP contribution in [0.15, 0.2) is 53.3 Å². The van der Waals surface area contributed by atoms with E-state index in [0.717, 1.165) is 0 Å². The van der Waals surface area contributed by atoms with Crippen molar-refractivity contribution in [3.05, 3.63) is 75.8 Å². The molecule has 0 amide bonds. The van der Waals surface area contributed by atoms with E-state index in [1.54, 1.807) is 30.3 Å². The topological polar surface area (TPSA) is 59.2 Å². The van der Waals surface area contributed by atoms with Crippen LogP contribution in [0.5, 0.6) is 5.75 Å². The number of aromatic amines is 1. The Hall–Kier alpha value is -2.95. The highest BCUT2D eigenvalue weighted by Crippen LogP contribution is 2.39. The number of carbonyl (C=O) groups is 1. The first-order chi connectivity index (χ1) is 11.1. The van der Waals surface area contributed by atoms with Gasteiger partial charge >= 0.3 is 5.97 Å². The van der Waals surface area contributed by atoms with E-state index in [0.29, 0.717) is 27.8 Å². The Balaban J connectivity index is 2.00. The van der Waals surface area contributed by atoms with Crippen LogP contribution in [0.3, 0.4) is 0 Å². The molecule has 0 fully saturated rings. The van der Waals surface area contributed by atoms with Crippen LogP contribution < -0.4 is 10.3 Å². The maximum atomic E-state index is 13.2. The molecular formula is C18H12FNO3. The summed E-state index contributed by atoms with van der Waals surface area (Å²) >= 11 is 0. The Labute approximate surface area is 130 Å². The van der Waals surface area contributed by atoms with E-state index in [9.17, 15) is 14.0 Å². The summed E-state index contributed by atoms with van der Waals surface area (Å²) in [7, 11) is 0. The molecule has 2 aromatic carbocycles. The second kappa shape index (κ2) is 5.05. The Morgan fingerprint density at radius 1 is 1.04 bits per heavy atom. The number of hydrogen-bond acceptors (Lipinski definition) is 3. The van der Waals surface area contributed by atoms with Gasteiger partial charge in [-0.15, -0.1) is 0 Å². The first kappa shape index (κ1) is 13.7. The van der Waals surface area contributed by atoms with Crippen molar-refractivity contribution in [1.29, 1.82) is 0 Å². The molecule has 2 heterocycles. The maximum Gasteiger partial charge on any atom is 0.312 e. The average Bonchev–Trinajstić information content (AvgIpc) is 2.55. The predicted molar refractivity (Wildman–Crippen MR) is 83.1 cm³/mol. The van der Waals surface area contributed by atoms with Crippen LogP contribution in [0.4, 0.5) is 4.39 Å². The fraction of sp³-hybridized carbons (Fsp3) is 0.111. The summed E-state index contributed by atoms with van der Waals surface area (Å²) in [5.74, 6) is -0.905. The summed E-state index contributed by atoms with van der Waals surface area (Å²) < 4.78 is 18.5. The molecule has 0 unspecified atom stereocenters. The van der Waals surface area contributed by atoms with Gasteiger partial charge < -0.3 is 9.72 Å². The number of ether oxygens (including phenoxy) is 1. The molecule has 114 valence electrons. The number of hydrogen-bond donors (Lipinski definition) is 1. The minimum absolute atomic E-state index is 0.0556. The Morgan fingerprint density at radius 2 is 1.78 bits per heavy atom. The Kier molecular flexibility index (Phi) is 3.01. The van der Waals surface area contributed by atoms with Crippen LogP contribution >= 0.6 is 0 Å². The number of H-pyrrole nitrogens is 1. The quantitative estimate of drug-likeness (QED) is 0.703. The zero-order valence-electron chi connectivity index (χ0n) is 12.0. The van der Waals surface area contributed by atoms with E-state index in [2.05, 4.69) is 4.98 Å². The van der Waals surface area contributed by atoms with Crippen LogP contribution in [0, 0.1) is 5.82 Å². The van der Waals surface area contributed by atoms with Crippen LogP contribution in [0.2, 0.25) is 0 Å². The van der Waals surface area contributed by atoms with Crippen molar-refractivity contribution in [3.8, 4) is 5.75 Å². The molecule has 4 rings (SSSR count). The number of para-hydroxylation sites is 1. The van der Waals surface area contributed by atoms with Crippen molar-refractivity contribution >= 4 is 16.9 Å². The summed E-state index contributed by atoms with van der Waals surface area (Å²) in [5, 5.41) is 0.683. The second-order valence-electron chi connectivity index (χ2n) is 5.52. The number of rotatable bonds is 1. The summed E-state index contributed by atoms with van der Waals surface area (Å²) in [5.41, 5.74) is 1.45. The van der Waals surface area contributed by atoms with Gasteiger partial charge in [-0.2, -0.15) is 0 Å². The zero-order chi connectivity index (χ0) is 16.0. The summed E-state index contributed by atoms with van der Waals surface area (Å²) in [6.07, 6.45) is 0.0556. The van der Waals surface area contributed by atoms with Gasteiger partial charge in [0.2, 0.25) is 0 Å². The highest BCUT2D eigenvalue weighted by molar-refractivity contribution is 5.91. The third kappa shape index (κ3) is 2.21. The van der Waals surface area contributed by atoms with Gasteiger partial charge in [0.25, 0.3) is 5.56 Å². The van der Waals surface area contributed by atoms with Crippen LogP contribution in [-0.4, -0.2) is 11.0 Å². The molecule has 0 bridgehead atoms. The fourth-order valence-electron chi connectivity index (χ4n) is 3.06. The Morgan fingerprint density at radius 3 is 2.57 bits per heavy atom. The van der Waals surface area contributed by atoms with E-state index < -0.39 is 11.9 Å². The second-order valence-corrected chi connectivity index (χ2v) is 5.52. The standard InChI is InChI=1S/C18H12FNO3/c19-11-7-5-10(6-8-11)13-9-15(21)23-17-12-3-1-2-4-14(12)20-18(22)16(13)17/h1-8,13H,9H2,(H,20,22)/t13-/m1/s1. The van der Waals surface area contributed by atoms with Gasteiger partial charge in [-0.05, 0) is 29.8 Å². The molecule has 1 aliphatic heterocycles. The number of halogens is 1. The molecule has 0 radical (unpaired) electrons. The molecular weight excluding hydrogens is 297 g/mol. The van der Waals surface area contributed by atoms with Gasteiger partial charge in [0, 0.05) is 11.3 Å². The Bertz CT molecular complexity index is 976. The predicted octanol–water partition coefficient (Wildman–Crippen LogP) is 3.11. The summed E-state index contributed by atoms with van der Waals surface area (Å²) in [6, 6.07) is 13.0. The highest BCUT2D eigenvalue weighted by atomic mass is 19.1. The third-order valence-electron chi connectivity index (χ3n) is 4.12. The zero-order valence-corrected chi connectivity index (χ0v) is 12.0. The number of nitrogens with one attached hydrogen (secondary N) is 1. The number of benzene rings is 2. The van der Waals surface area contributed by atoms with Gasteiger partial charge in [-0.1, -0.05) is 24.3 Å². The minimum atomic E-state index is -0.444. The molecule has 1 N–H and O–H groups in total. The van der Waals surface area contributed by atoms with Gasteiger partial charge in [0.1, 0.15) is 11.6 Å². The van der Waals surface area contributed by atoms with Crippen molar-refractivity contribution in [2.24, 2.45) is 0 Å². The average molecular weight is 309 g/mol. The summed E-state index contributed by atoms with van der Waals surface area (Å²) in [6.45, 7) is 0. The lowest BCUT2D eigenvalue weighted by Gasteiger charge is -2.25. The van der Waals surface area contributed by atoms with E-state index in [4.69, 9.17) is 4.74 Å². The molecule has 23 heavy (non-hydrogen) atoms. The lowest BCUT2D eigenvalue weighted by Crippen LogP contribution is -2.28. The first-order valence-corrected chi connectivity index (χ1v) is 7.24. The van der Waals surface area contributed by atoms with Crippen molar-refractivity contribution in [2.45, 2.75) is 12.3 Å². The van der Waals surface area contributed by atoms with Gasteiger partial charge in [-0.25, -0.2) is 4.39 Å². The molecule has 1 atom stereocenters. The lowest BCUT2D eigenvalue weighted by atomic mass is 9.86. The van der Waals surface area contributed by atoms with Crippen molar-refractivity contribution in [2.75, 3.05) is 0 Å². The van der Waals surface area contributed by atoms with E-state index in [-0.39, 0.29) is 17.8 Å². The molecule has 4 nitrogen and oxygen atoms in total. The summed E-state index contributed by atoms with van der Waals surface area (Å²) in [4.78, 5) is 27.4. The molecule has 5 heteroatoms. The molecule has 1 aliphatic rings. The van der Waals surface area contributed by atoms with Crippen molar-refractivity contribution < 1.29 is 13.9 Å². The number of pyridine rings is 1. The van der Waals surface area contributed by atoms with Crippen LogP contribution in [-0.2, 0) is 4.79 Å². The van der Waals surface area contributed by atoms with Crippen molar-refractivity contribution in [1.82, 2.24) is 4.98 Å². The smallest absolute Gasteiger partial charge is 0.312 e.